The molecule has 2 aromatic heterocycles. The van der Waals surface area contributed by atoms with Crippen molar-refractivity contribution in [1.82, 2.24) is 20.3 Å². The number of aromatic nitrogens is 3. The summed E-state index contributed by atoms with van der Waals surface area (Å²) in [5, 5.41) is 11.8. The first kappa shape index (κ1) is 23.1. The van der Waals surface area contributed by atoms with Crippen LogP contribution in [-0.4, -0.2) is 20.8 Å². The maximum atomic E-state index is 13.2. The van der Waals surface area contributed by atoms with Gasteiger partial charge in [0.05, 0.1) is 28.2 Å². The van der Waals surface area contributed by atoms with Crippen LogP contribution in [0, 0.1) is 13.8 Å². The third-order valence-corrected chi connectivity index (χ3v) is 5.98. The summed E-state index contributed by atoms with van der Waals surface area (Å²) in [6.45, 7) is 4.30. The number of aryl methyl sites for hydroxylation is 2. The van der Waals surface area contributed by atoms with Gasteiger partial charge in [-0.2, -0.15) is 5.10 Å². The Morgan fingerprint density at radius 3 is 2.36 bits per heavy atom. The summed E-state index contributed by atoms with van der Waals surface area (Å²) in [5.74, 6) is 0.979. The van der Waals surface area contributed by atoms with E-state index in [0.29, 0.717) is 23.6 Å². The number of benzene rings is 3. The fourth-order valence-electron chi connectivity index (χ4n) is 4.00. The molecule has 3 aromatic carbocycles. The van der Waals surface area contributed by atoms with Crippen LogP contribution in [0.15, 0.2) is 95.6 Å². The van der Waals surface area contributed by atoms with Crippen LogP contribution in [0.1, 0.15) is 32.9 Å². The Morgan fingerprint density at radius 2 is 1.64 bits per heavy atom. The van der Waals surface area contributed by atoms with Crippen LogP contribution in [-0.2, 0) is 13.2 Å². The Balaban J connectivity index is 1.36. The molecule has 0 aliphatic rings. The molecule has 7 heteroatoms. The van der Waals surface area contributed by atoms with Gasteiger partial charge in [0.25, 0.3) is 5.91 Å². The number of amides is 1. The third kappa shape index (κ3) is 4.90. The van der Waals surface area contributed by atoms with Gasteiger partial charge in [-0.1, -0.05) is 65.8 Å². The van der Waals surface area contributed by atoms with Crippen molar-refractivity contribution >= 4 is 5.91 Å². The molecule has 1 amide bonds. The molecule has 0 aliphatic carbocycles. The van der Waals surface area contributed by atoms with Crippen molar-refractivity contribution in [3.8, 4) is 22.7 Å². The highest BCUT2D eigenvalue weighted by atomic mass is 16.5. The minimum atomic E-state index is -0.226. The molecule has 2 heterocycles. The fourth-order valence-corrected chi connectivity index (χ4v) is 4.00. The van der Waals surface area contributed by atoms with E-state index in [1.54, 1.807) is 12.1 Å². The highest BCUT2D eigenvalue weighted by molar-refractivity contribution is 5.96. The molecule has 180 valence electrons. The van der Waals surface area contributed by atoms with Crippen molar-refractivity contribution in [2.75, 3.05) is 0 Å². The van der Waals surface area contributed by atoms with Gasteiger partial charge in [0, 0.05) is 23.9 Å². The quantitative estimate of drug-likeness (QED) is 0.312. The second kappa shape index (κ2) is 10.3. The summed E-state index contributed by atoms with van der Waals surface area (Å²) in [4.78, 5) is 13.2. The van der Waals surface area contributed by atoms with E-state index in [9.17, 15) is 4.79 Å². The van der Waals surface area contributed by atoms with Gasteiger partial charge in [0.15, 0.2) is 0 Å². The van der Waals surface area contributed by atoms with E-state index in [0.717, 1.165) is 33.8 Å². The molecule has 0 saturated heterocycles. The van der Waals surface area contributed by atoms with Gasteiger partial charge in [-0.15, -0.1) is 0 Å². The lowest BCUT2D eigenvalue weighted by molar-refractivity contribution is 0.0946. The Labute approximate surface area is 209 Å². The molecule has 0 atom stereocenters. The first-order valence-electron chi connectivity index (χ1n) is 11.7. The van der Waals surface area contributed by atoms with Gasteiger partial charge in [0.1, 0.15) is 18.1 Å². The molecule has 0 bridgehead atoms. The maximum Gasteiger partial charge on any atom is 0.255 e. The molecule has 0 saturated carbocycles. The number of para-hydroxylation sites is 2. The standard InChI is InChI=1S/C29H26N4O3/c1-20-26(21(2)36-32-20)19-35-27-16-10-9-15-25(27)29(34)30-17-23-18-33(24-13-7-4-8-14-24)31-28(23)22-11-5-3-6-12-22/h3-16,18H,17,19H2,1-2H3,(H,30,34). The fraction of sp³-hybridized carbons (Fsp3) is 0.138. The van der Waals surface area contributed by atoms with Crippen molar-refractivity contribution in [2.45, 2.75) is 27.0 Å². The minimum absolute atomic E-state index is 0.226. The van der Waals surface area contributed by atoms with Crippen molar-refractivity contribution in [3.05, 3.63) is 119 Å². The molecule has 5 rings (SSSR count). The van der Waals surface area contributed by atoms with Crippen LogP contribution < -0.4 is 10.1 Å². The molecular formula is C29H26N4O3. The monoisotopic (exact) mass is 478 g/mol. The highest BCUT2D eigenvalue weighted by Gasteiger charge is 2.17. The summed E-state index contributed by atoms with van der Waals surface area (Å²) in [6.07, 6.45) is 1.96. The molecule has 0 fully saturated rings. The molecule has 0 radical (unpaired) electrons. The van der Waals surface area contributed by atoms with Crippen LogP contribution in [0.3, 0.4) is 0 Å². The predicted octanol–water partition coefficient (Wildman–Crippen LogP) is 5.65. The summed E-state index contributed by atoms with van der Waals surface area (Å²) >= 11 is 0. The summed E-state index contributed by atoms with van der Waals surface area (Å²) in [6, 6.07) is 27.1. The lowest BCUT2D eigenvalue weighted by Gasteiger charge is -2.12. The zero-order valence-electron chi connectivity index (χ0n) is 20.1. The van der Waals surface area contributed by atoms with Crippen molar-refractivity contribution in [2.24, 2.45) is 0 Å². The van der Waals surface area contributed by atoms with E-state index in [1.807, 2.05) is 97.5 Å². The van der Waals surface area contributed by atoms with E-state index >= 15 is 0 Å². The zero-order chi connectivity index (χ0) is 24.9. The van der Waals surface area contributed by atoms with Gasteiger partial charge in [0.2, 0.25) is 0 Å². The topological polar surface area (TPSA) is 82.2 Å². The number of nitrogens with zero attached hydrogens (tertiary/aromatic N) is 3. The van der Waals surface area contributed by atoms with Crippen LogP contribution in [0.5, 0.6) is 5.75 Å². The Morgan fingerprint density at radius 1 is 0.944 bits per heavy atom. The number of nitrogens with one attached hydrogen (secondary N) is 1. The number of carbonyl (C=O) groups is 1. The third-order valence-electron chi connectivity index (χ3n) is 5.98. The Kier molecular flexibility index (Phi) is 6.62. The minimum Gasteiger partial charge on any atom is -0.488 e. The van der Waals surface area contributed by atoms with Crippen LogP contribution >= 0.6 is 0 Å². The lowest BCUT2D eigenvalue weighted by Crippen LogP contribution is -2.23. The molecule has 1 N–H and O–H groups in total. The smallest absolute Gasteiger partial charge is 0.255 e. The van der Waals surface area contributed by atoms with E-state index < -0.39 is 0 Å². The van der Waals surface area contributed by atoms with E-state index in [-0.39, 0.29) is 12.5 Å². The molecular weight excluding hydrogens is 452 g/mol. The molecule has 7 nitrogen and oxygen atoms in total. The van der Waals surface area contributed by atoms with E-state index in [2.05, 4.69) is 10.5 Å². The summed E-state index contributed by atoms with van der Waals surface area (Å²) in [7, 11) is 0. The Hall–Kier alpha value is -4.65. The van der Waals surface area contributed by atoms with E-state index in [4.69, 9.17) is 14.4 Å². The first-order valence-corrected chi connectivity index (χ1v) is 11.7. The van der Waals surface area contributed by atoms with Crippen LogP contribution in [0.25, 0.3) is 16.9 Å². The van der Waals surface area contributed by atoms with Crippen LogP contribution in [0.2, 0.25) is 0 Å². The average Bonchev–Trinajstić information content (AvgIpc) is 3.50. The molecule has 5 aromatic rings. The number of carbonyl (C=O) groups excluding carboxylic acids is 1. The summed E-state index contributed by atoms with van der Waals surface area (Å²) in [5.41, 5.74) is 5.78. The molecule has 36 heavy (non-hydrogen) atoms. The Bertz CT molecular complexity index is 1450. The van der Waals surface area contributed by atoms with Gasteiger partial charge < -0.3 is 14.6 Å². The van der Waals surface area contributed by atoms with Gasteiger partial charge in [-0.05, 0) is 38.1 Å². The second-order valence-corrected chi connectivity index (χ2v) is 8.42. The van der Waals surface area contributed by atoms with E-state index in [1.165, 1.54) is 0 Å². The van der Waals surface area contributed by atoms with Gasteiger partial charge in [-0.25, -0.2) is 4.68 Å². The van der Waals surface area contributed by atoms with Crippen LogP contribution in [0.4, 0.5) is 0 Å². The highest BCUT2D eigenvalue weighted by Crippen LogP contribution is 2.25. The average molecular weight is 479 g/mol. The molecule has 0 unspecified atom stereocenters. The number of hydrogen-bond acceptors (Lipinski definition) is 5. The zero-order valence-corrected chi connectivity index (χ0v) is 20.1. The van der Waals surface area contributed by atoms with Crippen molar-refractivity contribution in [1.29, 1.82) is 0 Å². The molecule has 0 aliphatic heterocycles. The predicted molar refractivity (Wildman–Crippen MR) is 137 cm³/mol. The lowest BCUT2D eigenvalue weighted by atomic mass is 10.1. The second-order valence-electron chi connectivity index (χ2n) is 8.42. The molecule has 0 spiro atoms. The van der Waals surface area contributed by atoms with Gasteiger partial charge >= 0.3 is 0 Å². The number of ether oxygens (including phenoxy) is 1. The van der Waals surface area contributed by atoms with Crippen molar-refractivity contribution in [3.63, 3.8) is 0 Å². The maximum absolute atomic E-state index is 13.2. The first-order chi connectivity index (χ1) is 17.6. The normalized spacial score (nSPS) is 10.8. The van der Waals surface area contributed by atoms with Crippen molar-refractivity contribution < 1.29 is 14.1 Å². The van der Waals surface area contributed by atoms with Gasteiger partial charge in [-0.3, -0.25) is 4.79 Å². The SMILES string of the molecule is Cc1noc(C)c1COc1ccccc1C(=O)NCc1cn(-c2ccccc2)nc1-c1ccccc1. The largest absolute Gasteiger partial charge is 0.488 e. The number of hydrogen-bond donors (Lipinski definition) is 1. The number of rotatable bonds is 8. The summed E-state index contributed by atoms with van der Waals surface area (Å²) < 4.78 is 13.0.